The Kier molecular flexibility index (Phi) is 3.39. The monoisotopic (exact) mass is 204 g/mol. The molecule has 1 aromatic rings. The lowest BCUT2D eigenvalue weighted by Gasteiger charge is -2.32. The van der Waals surface area contributed by atoms with Gasteiger partial charge >= 0.3 is 0 Å². The molecule has 2 heteroatoms. The fourth-order valence-corrected chi connectivity index (χ4v) is 2.21. The van der Waals surface area contributed by atoms with Crippen molar-refractivity contribution < 1.29 is 5.11 Å². The van der Waals surface area contributed by atoms with Gasteiger partial charge in [0.05, 0.1) is 6.10 Å². The minimum Gasteiger partial charge on any atom is -0.388 e. The zero-order valence-electron chi connectivity index (χ0n) is 9.19. The van der Waals surface area contributed by atoms with Crippen molar-refractivity contribution in [2.24, 2.45) is 5.92 Å². The molecular formula is C13H18NO. The van der Waals surface area contributed by atoms with Gasteiger partial charge < -0.3 is 10.0 Å². The van der Waals surface area contributed by atoms with Gasteiger partial charge in [-0.05, 0) is 50.5 Å². The van der Waals surface area contributed by atoms with E-state index in [0.29, 0.717) is 5.92 Å². The second-order valence-corrected chi connectivity index (χ2v) is 4.42. The minimum absolute atomic E-state index is 0.298. The van der Waals surface area contributed by atoms with E-state index in [0.717, 1.165) is 31.5 Å². The van der Waals surface area contributed by atoms with E-state index in [1.165, 1.54) is 0 Å². The molecule has 1 atom stereocenters. The lowest BCUT2D eigenvalue weighted by atomic mass is 9.88. The number of aliphatic hydroxyl groups excluding tert-OH is 1. The molecule has 15 heavy (non-hydrogen) atoms. The van der Waals surface area contributed by atoms with Crippen LogP contribution in [-0.2, 0) is 0 Å². The molecule has 1 aromatic carbocycles. The van der Waals surface area contributed by atoms with Gasteiger partial charge in [-0.2, -0.15) is 0 Å². The average molecular weight is 204 g/mol. The molecule has 0 aromatic heterocycles. The molecule has 1 heterocycles. The van der Waals surface area contributed by atoms with Gasteiger partial charge in [0.25, 0.3) is 0 Å². The smallest absolute Gasteiger partial charge is 0.0819 e. The number of likely N-dealkylation sites (tertiary alicyclic amines) is 1. The summed E-state index contributed by atoms with van der Waals surface area (Å²) in [5.74, 6) is 0.420. The number of hydrogen-bond donors (Lipinski definition) is 1. The maximum absolute atomic E-state index is 10.2. The van der Waals surface area contributed by atoms with Crippen LogP contribution in [0.5, 0.6) is 0 Å². The van der Waals surface area contributed by atoms with E-state index in [1.807, 2.05) is 24.3 Å². The second kappa shape index (κ2) is 4.77. The molecule has 0 bridgehead atoms. The van der Waals surface area contributed by atoms with Crippen LogP contribution in [0.1, 0.15) is 24.5 Å². The molecule has 2 rings (SSSR count). The first-order chi connectivity index (χ1) is 7.27. The highest BCUT2D eigenvalue weighted by Gasteiger charge is 2.24. The van der Waals surface area contributed by atoms with E-state index in [1.54, 1.807) is 0 Å². The maximum Gasteiger partial charge on any atom is 0.0819 e. The fraction of sp³-hybridized carbons (Fsp3) is 0.538. The van der Waals surface area contributed by atoms with Gasteiger partial charge in [-0.15, -0.1) is 0 Å². The Bertz CT molecular complexity index is 291. The molecule has 0 spiro atoms. The van der Waals surface area contributed by atoms with Gasteiger partial charge in [-0.3, -0.25) is 0 Å². The SMILES string of the molecule is CN1CCC(C(O)c2cc[c]cc2)CC1. The number of rotatable bonds is 2. The van der Waals surface area contributed by atoms with Crippen LogP contribution in [0.25, 0.3) is 0 Å². The summed E-state index contributed by atoms with van der Waals surface area (Å²) in [5, 5.41) is 10.2. The fourth-order valence-electron chi connectivity index (χ4n) is 2.21. The molecular weight excluding hydrogens is 186 g/mol. The first-order valence-electron chi connectivity index (χ1n) is 5.60. The van der Waals surface area contributed by atoms with E-state index >= 15 is 0 Å². The lowest BCUT2D eigenvalue weighted by Crippen LogP contribution is -2.32. The molecule has 1 unspecified atom stereocenters. The van der Waals surface area contributed by atoms with Crippen molar-refractivity contribution in [2.75, 3.05) is 20.1 Å². The summed E-state index contributed by atoms with van der Waals surface area (Å²) >= 11 is 0. The normalized spacial score (nSPS) is 21.5. The van der Waals surface area contributed by atoms with E-state index in [2.05, 4.69) is 18.0 Å². The molecule has 1 fully saturated rings. The molecule has 1 saturated heterocycles. The highest BCUT2D eigenvalue weighted by atomic mass is 16.3. The van der Waals surface area contributed by atoms with Gasteiger partial charge in [0.15, 0.2) is 0 Å². The Balaban J connectivity index is 1.99. The van der Waals surface area contributed by atoms with Crippen molar-refractivity contribution in [3.8, 4) is 0 Å². The van der Waals surface area contributed by atoms with Crippen LogP contribution in [0.4, 0.5) is 0 Å². The van der Waals surface area contributed by atoms with E-state index < -0.39 is 0 Å². The van der Waals surface area contributed by atoms with Crippen molar-refractivity contribution in [3.05, 3.63) is 35.9 Å². The van der Waals surface area contributed by atoms with Crippen LogP contribution >= 0.6 is 0 Å². The average Bonchev–Trinajstić information content (AvgIpc) is 2.30. The second-order valence-electron chi connectivity index (χ2n) is 4.42. The summed E-state index contributed by atoms with van der Waals surface area (Å²) in [4.78, 5) is 2.32. The molecule has 1 radical (unpaired) electrons. The largest absolute Gasteiger partial charge is 0.388 e. The topological polar surface area (TPSA) is 23.5 Å². The summed E-state index contributed by atoms with van der Waals surface area (Å²) < 4.78 is 0. The Hall–Kier alpha value is -0.860. The van der Waals surface area contributed by atoms with Crippen LogP contribution in [0.15, 0.2) is 24.3 Å². The lowest BCUT2D eigenvalue weighted by molar-refractivity contribution is 0.0657. The van der Waals surface area contributed by atoms with Crippen molar-refractivity contribution in [2.45, 2.75) is 18.9 Å². The Morgan fingerprint density at radius 3 is 2.53 bits per heavy atom. The molecule has 0 saturated carbocycles. The highest BCUT2D eigenvalue weighted by molar-refractivity contribution is 5.17. The number of benzene rings is 1. The Morgan fingerprint density at radius 1 is 1.33 bits per heavy atom. The molecule has 1 N–H and O–H groups in total. The van der Waals surface area contributed by atoms with Crippen LogP contribution in [-0.4, -0.2) is 30.1 Å². The van der Waals surface area contributed by atoms with Gasteiger partial charge in [-0.25, -0.2) is 0 Å². The first kappa shape index (κ1) is 10.7. The minimum atomic E-state index is -0.298. The van der Waals surface area contributed by atoms with Crippen molar-refractivity contribution in [1.29, 1.82) is 0 Å². The molecule has 1 aliphatic heterocycles. The Labute approximate surface area is 91.5 Å². The van der Waals surface area contributed by atoms with Crippen molar-refractivity contribution in [3.63, 3.8) is 0 Å². The number of nitrogens with zero attached hydrogens (tertiary/aromatic N) is 1. The van der Waals surface area contributed by atoms with E-state index in [-0.39, 0.29) is 6.10 Å². The van der Waals surface area contributed by atoms with Crippen LogP contribution < -0.4 is 0 Å². The van der Waals surface area contributed by atoms with Gasteiger partial charge in [-0.1, -0.05) is 24.3 Å². The maximum atomic E-state index is 10.2. The van der Waals surface area contributed by atoms with E-state index in [4.69, 9.17) is 0 Å². The van der Waals surface area contributed by atoms with Crippen molar-refractivity contribution in [1.82, 2.24) is 4.90 Å². The summed E-state index contributed by atoms with van der Waals surface area (Å²) in [6.45, 7) is 2.20. The summed E-state index contributed by atoms with van der Waals surface area (Å²) in [6.07, 6.45) is 1.89. The molecule has 0 amide bonds. The van der Waals surface area contributed by atoms with Gasteiger partial charge in [0, 0.05) is 0 Å². The predicted molar refractivity (Wildman–Crippen MR) is 60.5 cm³/mol. The first-order valence-corrected chi connectivity index (χ1v) is 5.60. The summed E-state index contributed by atoms with van der Waals surface area (Å²) in [7, 11) is 2.14. The third-order valence-electron chi connectivity index (χ3n) is 3.30. The standard InChI is InChI=1S/C13H18NO/c1-14-9-7-12(8-10-14)13(15)11-5-3-2-4-6-11/h3-6,12-13,15H,7-10H2,1H3. The summed E-state index contributed by atoms with van der Waals surface area (Å²) in [5.41, 5.74) is 1.03. The molecule has 1 aliphatic rings. The number of hydrogen-bond acceptors (Lipinski definition) is 2. The third kappa shape index (κ3) is 2.58. The van der Waals surface area contributed by atoms with Crippen LogP contribution in [0.2, 0.25) is 0 Å². The third-order valence-corrected chi connectivity index (χ3v) is 3.30. The molecule has 2 nitrogen and oxygen atoms in total. The van der Waals surface area contributed by atoms with Gasteiger partial charge in [0.1, 0.15) is 0 Å². The highest BCUT2D eigenvalue weighted by Crippen LogP contribution is 2.29. The Morgan fingerprint density at radius 2 is 1.93 bits per heavy atom. The van der Waals surface area contributed by atoms with E-state index in [9.17, 15) is 5.11 Å². The quantitative estimate of drug-likeness (QED) is 0.795. The zero-order valence-corrected chi connectivity index (χ0v) is 9.19. The van der Waals surface area contributed by atoms with Crippen LogP contribution in [0, 0.1) is 12.0 Å². The van der Waals surface area contributed by atoms with Crippen LogP contribution in [0.3, 0.4) is 0 Å². The molecule has 0 aliphatic carbocycles. The van der Waals surface area contributed by atoms with Crippen molar-refractivity contribution >= 4 is 0 Å². The number of aliphatic hydroxyl groups is 1. The zero-order chi connectivity index (χ0) is 10.7. The summed E-state index contributed by atoms with van der Waals surface area (Å²) in [6, 6.07) is 10.6. The molecule has 81 valence electrons. The van der Waals surface area contributed by atoms with Gasteiger partial charge in [0.2, 0.25) is 0 Å². The number of piperidine rings is 1. The predicted octanol–water partition coefficient (Wildman–Crippen LogP) is 1.86.